The van der Waals surface area contributed by atoms with E-state index < -0.39 is 17.3 Å². The summed E-state index contributed by atoms with van der Waals surface area (Å²) >= 11 is 0. The molecule has 0 heterocycles. The summed E-state index contributed by atoms with van der Waals surface area (Å²) in [6.07, 6.45) is 4.38. The SMILES string of the molecule is OC1CCC2(O)CCCCC2(O)C1. The monoisotopic (exact) mass is 186 g/mol. The molecule has 0 saturated heterocycles. The van der Waals surface area contributed by atoms with Gasteiger partial charge in [0, 0.05) is 6.42 Å². The largest absolute Gasteiger partial charge is 0.393 e. The second-order valence-corrected chi connectivity index (χ2v) is 4.67. The van der Waals surface area contributed by atoms with Gasteiger partial charge in [0.2, 0.25) is 0 Å². The van der Waals surface area contributed by atoms with E-state index in [9.17, 15) is 15.3 Å². The summed E-state index contributed by atoms with van der Waals surface area (Å²) in [5.41, 5.74) is -1.92. The van der Waals surface area contributed by atoms with Gasteiger partial charge in [-0.3, -0.25) is 0 Å². The summed E-state index contributed by atoms with van der Waals surface area (Å²) in [6, 6.07) is 0. The maximum atomic E-state index is 10.2. The Bertz CT molecular complexity index is 206. The highest BCUT2D eigenvalue weighted by Gasteiger charge is 2.53. The van der Waals surface area contributed by atoms with Crippen molar-refractivity contribution in [3.05, 3.63) is 0 Å². The molecule has 0 amide bonds. The van der Waals surface area contributed by atoms with Gasteiger partial charge >= 0.3 is 0 Å². The van der Waals surface area contributed by atoms with Crippen LogP contribution in [0.5, 0.6) is 0 Å². The molecule has 2 fully saturated rings. The van der Waals surface area contributed by atoms with E-state index in [1.54, 1.807) is 0 Å². The second-order valence-electron chi connectivity index (χ2n) is 4.67. The third-order valence-corrected chi connectivity index (χ3v) is 3.76. The minimum atomic E-state index is -1.01. The molecule has 0 radical (unpaired) electrons. The summed E-state index contributed by atoms with van der Waals surface area (Å²) < 4.78 is 0. The Morgan fingerprint density at radius 2 is 1.54 bits per heavy atom. The summed E-state index contributed by atoms with van der Waals surface area (Å²) in [6.45, 7) is 0. The first-order chi connectivity index (χ1) is 6.06. The molecule has 3 unspecified atom stereocenters. The summed E-state index contributed by atoms with van der Waals surface area (Å²) in [5.74, 6) is 0. The van der Waals surface area contributed by atoms with Gasteiger partial charge in [-0.15, -0.1) is 0 Å². The molecular weight excluding hydrogens is 168 g/mol. The Balaban J connectivity index is 2.20. The summed E-state index contributed by atoms with van der Waals surface area (Å²) in [7, 11) is 0. The van der Waals surface area contributed by atoms with E-state index in [-0.39, 0.29) is 0 Å². The molecular formula is C10H18O3. The zero-order chi connectivity index (χ0) is 9.53. The van der Waals surface area contributed by atoms with Gasteiger partial charge in [0.25, 0.3) is 0 Å². The molecule has 0 aromatic heterocycles. The Hall–Kier alpha value is -0.120. The molecule has 0 aromatic rings. The Labute approximate surface area is 78.4 Å². The van der Waals surface area contributed by atoms with Gasteiger partial charge in [0.1, 0.15) is 0 Å². The van der Waals surface area contributed by atoms with Crippen molar-refractivity contribution in [2.45, 2.75) is 62.3 Å². The number of aliphatic hydroxyl groups excluding tert-OH is 1. The lowest BCUT2D eigenvalue weighted by atomic mass is 9.63. The smallest absolute Gasteiger partial charge is 0.0957 e. The van der Waals surface area contributed by atoms with Crippen molar-refractivity contribution in [3.8, 4) is 0 Å². The van der Waals surface area contributed by atoms with Crippen molar-refractivity contribution >= 4 is 0 Å². The normalized spacial score (nSPS) is 51.5. The second kappa shape index (κ2) is 2.94. The quantitative estimate of drug-likeness (QED) is 0.518. The van der Waals surface area contributed by atoms with Gasteiger partial charge < -0.3 is 15.3 Å². The van der Waals surface area contributed by atoms with Crippen molar-refractivity contribution in [3.63, 3.8) is 0 Å². The zero-order valence-electron chi connectivity index (χ0n) is 7.87. The Kier molecular flexibility index (Phi) is 2.13. The molecule has 2 aliphatic carbocycles. The average Bonchev–Trinajstić information content (AvgIpc) is 2.07. The highest BCUT2D eigenvalue weighted by molar-refractivity contribution is 5.06. The minimum Gasteiger partial charge on any atom is -0.393 e. The first-order valence-electron chi connectivity index (χ1n) is 5.19. The molecule has 3 nitrogen and oxygen atoms in total. The predicted octanol–water partition coefficient (Wildman–Crippen LogP) is 0.567. The van der Waals surface area contributed by atoms with E-state index >= 15 is 0 Å². The first-order valence-corrected chi connectivity index (χ1v) is 5.19. The minimum absolute atomic E-state index is 0.351. The van der Waals surface area contributed by atoms with Crippen LogP contribution in [0, 0.1) is 0 Å². The van der Waals surface area contributed by atoms with E-state index in [1.165, 1.54) is 0 Å². The molecule has 3 N–H and O–H groups in total. The topological polar surface area (TPSA) is 60.7 Å². The molecule has 0 aliphatic heterocycles. The molecule has 2 rings (SSSR count). The molecule has 0 aromatic carbocycles. The summed E-state index contributed by atoms with van der Waals surface area (Å²) in [5, 5.41) is 29.9. The lowest BCUT2D eigenvalue weighted by molar-refractivity contribution is -0.213. The van der Waals surface area contributed by atoms with Gasteiger partial charge in [0.15, 0.2) is 0 Å². The lowest BCUT2D eigenvalue weighted by Gasteiger charge is -2.51. The first kappa shape index (κ1) is 9.44. The lowest BCUT2D eigenvalue weighted by Crippen LogP contribution is -2.60. The van der Waals surface area contributed by atoms with Crippen LogP contribution in [0.4, 0.5) is 0 Å². The van der Waals surface area contributed by atoms with Crippen LogP contribution >= 0.6 is 0 Å². The molecule has 0 spiro atoms. The Morgan fingerprint density at radius 1 is 0.923 bits per heavy atom. The Morgan fingerprint density at radius 3 is 2.23 bits per heavy atom. The van der Waals surface area contributed by atoms with E-state index in [0.29, 0.717) is 32.1 Å². The third kappa shape index (κ3) is 1.39. The maximum absolute atomic E-state index is 10.2. The maximum Gasteiger partial charge on any atom is 0.0957 e. The number of rotatable bonds is 0. The fraction of sp³-hybridized carbons (Fsp3) is 1.00. The predicted molar refractivity (Wildman–Crippen MR) is 48.2 cm³/mol. The van der Waals surface area contributed by atoms with E-state index in [0.717, 1.165) is 12.8 Å². The molecule has 2 saturated carbocycles. The molecule has 76 valence electrons. The van der Waals surface area contributed by atoms with Crippen LogP contribution in [0.3, 0.4) is 0 Å². The van der Waals surface area contributed by atoms with Gasteiger partial charge in [-0.2, -0.15) is 0 Å². The fourth-order valence-corrected chi connectivity index (χ4v) is 2.85. The standard InChI is InChI=1S/C10H18O3/c11-8-3-6-9(12)4-1-2-5-10(9,13)7-8/h8,11-13H,1-7H2. The van der Waals surface area contributed by atoms with Gasteiger partial charge in [-0.1, -0.05) is 12.8 Å². The van der Waals surface area contributed by atoms with Crippen molar-refractivity contribution < 1.29 is 15.3 Å². The highest BCUT2D eigenvalue weighted by Crippen LogP contribution is 2.46. The number of fused-ring (bicyclic) bond motifs is 1. The van der Waals surface area contributed by atoms with Crippen LogP contribution in [0.1, 0.15) is 44.9 Å². The van der Waals surface area contributed by atoms with Crippen LogP contribution < -0.4 is 0 Å². The summed E-state index contributed by atoms with van der Waals surface area (Å²) in [4.78, 5) is 0. The molecule has 3 atom stereocenters. The highest BCUT2D eigenvalue weighted by atomic mass is 16.4. The van der Waals surface area contributed by atoms with Gasteiger partial charge in [-0.25, -0.2) is 0 Å². The molecule has 2 aliphatic rings. The van der Waals surface area contributed by atoms with E-state index in [2.05, 4.69) is 0 Å². The third-order valence-electron chi connectivity index (χ3n) is 3.76. The van der Waals surface area contributed by atoms with Crippen LogP contribution in [-0.2, 0) is 0 Å². The number of hydrogen-bond acceptors (Lipinski definition) is 3. The average molecular weight is 186 g/mol. The van der Waals surface area contributed by atoms with Crippen molar-refractivity contribution in [1.29, 1.82) is 0 Å². The van der Waals surface area contributed by atoms with Crippen LogP contribution in [0.25, 0.3) is 0 Å². The fourth-order valence-electron chi connectivity index (χ4n) is 2.85. The number of hydrogen-bond donors (Lipinski definition) is 3. The van der Waals surface area contributed by atoms with E-state index in [4.69, 9.17) is 0 Å². The van der Waals surface area contributed by atoms with Crippen LogP contribution in [0.2, 0.25) is 0 Å². The van der Waals surface area contributed by atoms with Crippen molar-refractivity contribution in [1.82, 2.24) is 0 Å². The van der Waals surface area contributed by atoms with Crippen LogP contribution in [0.15, 0.2) is 0 Å². The molecule has 3 heteroatoms. The zero-order valence-corrected chi connectivity index (χ0v) is 7.87. The molecule has 0 bridgehead atoms. The van der Waals surface area contributed by atoms with Crippen molar-refractivity contribution in [2.24, 2.45) is 0 Å². The van der Waals surface area contributed by atoms with E-state index in [1.807, 2.05) is 0 Å². The van der Waals surface area contributed by atoms with Crippen LogP contribution in [-0.4, -0.2) is 32.6 Å². The van der Waals surface area contributed by atoms with Gasteiger partial charge in [0.05, 0.1) is 17.3 Å². The molecule has 13 heavy (non-hydrogen) atoms. The van der Waals surface area contributed by atoms with Crippen molar-refractivity contribution in [2.75, 3.05) is 0 Å². The van der Waals surface area contributed by atoms with Gasteiger partial charge in [-0.05, 0) is 25.7 Å². The number of aliphatic hydroxyl groups is 3.